The van der Waals surface area contributed by atoms with Gasteiger partial charge in [0.1, 0.15) is 5.75 Å². The monoisotopic (exact) mass is 457 g/mol. The number of methoxy groups -OCH3 is 2. The van der Waals surface area contributed by atoms with E-state index in [1.54, 1.807) is 49.7 Å². The van der Waals surface area contributed by atoms with Crippen LogP contribution < -0.4 is 19.6 Å². The third-order valence-corrected chi connectivity index (χ3v) is 5.73. The number of hydrogen-bond donors (Lipinski definition) is 0. The van der Waals surface area contributed by atoms with Gasteiger partial charge in [-0.2, -0.15) is 0 Å². The lowest BCUT2D eigenvalue weighted by Crippen LogP contribution is -2.20. The van der Waals surface area contributed by atoms with Crippen molar-refractivity contribution in [2.24, 2.45) is 0 Å². The fraction of sp³-hybridized carbons (Fsp3) is 0.214. The molecule has 3 aromatic carbocycles. The van der Waals surface area contributed by atoms with Crippen LogP contribution in [-0.2, 0) is 6.54 Å². The van der Waals surface area contributed by atoms with E-state index in [-0.39, 0.29) is 16.8 Å². The molecule has 1 heterocycles. The first-order valence-electron chi connectivity index (χ1n) is 11.1. The second-order valence-electron chi connectivity index (χ2n) is 8.00. The highest BCUT2D eigenvalue weighted by atomic mass is 16.5. The van der Waals surface area contributed by atoms with Gasteiger partial charge < -0.3 is 18.8 Å². The van der Waals surface area contributed by atoms with Crippen molar-refractivity contribution >= 4 is 16.7 Å². The maximum atomic E-state index is 13.5. The molecule has 6 nitrogen and oxygen atoms in total. The van der Waals surface area contributed by atoms with Crippen LogP contribution in [0.3, 0.4) is 0 Å². The minimum atomic E-state index is -0.352. The number of nitrogens with zero attached hydrogens (tertiary/aromatic N) is 1. The normalized spacial score (nSPS) is 10.8. The van der Waals surface area contributed by atoms with Crippen molar-refractivity contribution in [3.05, 3.63) is 99.3 Å². The molecule has 4 rings (SSSR count). The molecule has 0 unspecified atom stereocenters. The van der Waals surface area contributed by atoms with Crippen molar-refractivity contribution < 1.29 is 19.0 Å². The molecule has 0 aliphatic heterocycles. The molecule has 0 aliphatic rings. The highest BCUT2D eigenvalue weighted by Gasteiger charge is 2.20. The summed E-state index contributed by atoms with van der Waals surface area (Å²) in [6.45, 7) is 4.94. The van der Waals surface area contributed by atoms with Gasteiger partial charge in [-0.25, -0.2) is 0 Å². The topological polar surface area (TPSA) is 66.8 Å². The molecule has 0 radical (unpaired) electrons. The Morgan fingerprint density at radius 2 is 1.56 bits per heavy atom. The molecule has 0 spiro atoms. The lowest BCUT2D eigenvalue weighted by molar-refractivity contribution is 0.103. The van der Waals surface area contributed by atoms with Crippen molar-refractivity contribution in [2.75, 3.05) is 20.8 Å². The second kappa shape index (κ2) is 9.83. The van der Waals surface area contributed by atoms with E-state index in [1.807, 2.05) is 42.7 Å². The number of carbonyl (C=O) groups is 1. The Hall–Kier alpha value is -4.06. The Labute approximate surface area is 198 Å². The standard InChI is InChI=1S/C28H27NO5/c1-5-34-21-12-10-20(11-13-21)27(30)23-17-29(16-19-8-6-18(2)7-9-19)24-15-26(33-4)25(32-3)14-22(24)28(23)31/h6-15,17H,5,16H2,1-4H3. The van der Waals surface area contributed by atoms with E-state index in [0.717, 1.165) is 11.1 Å². The highest BCUT2D eigenvalue weighted by molar-refractivity contribution is 6.10. The van der Waals surface area contributed by atoms with E-state index < -0.39 is 0 Å². The smallest absolute Gasteiger partial charge is 0.200 e. The summed E-state index contributed by atoms with van der Waals surface area (Å²) in [4.78, 5) is 26.9. The van der Waals surface area contributed by atoms with Crippen molar-refractivity contribution in [3.8, 4) is 17.2 Å². The Morgan fingerprint density at radius 1 is 0.912 bits per heavy atom. The van der Waals surface area contributed by atoms with Crippen LogP contribution >= 0.6 is 0 Å². The summed E-state index contributed by atoms with van der Waals surface area (Å²) in [5, 5.41) is 0.390. The predicted molar refractivity (Wildman–Crippen MR) is 133 cm³/mol. The Kier molecular flexibility index (Phi) is 6.68. The quantitative estimate of drug-likeness (QED) is 0.348. The number of rotatable bonds is 8. The molecule has 0 fully saturated rings. The fourth-order valence-electron chi connectivity index (χ4n) is 3.92. The molecule has 4 aromatic rings. The van der Waals surface area contributed by atoms with Crippen LogP contribution in [0.25, 0.3) is 10.9 Å². The molecule has 1 aromatic heterocycles. The van der Waals surface area contributed by atoms with Crippen LogP contribution in [0.2, 0.25) is 0 Å². The van der Waals surface area contributed by atoms with Gasteiger partial charge in [-0.3, -0.25) is 9.59 Å². The fourth-order valence-corrected chi connectivity index (χ4v) is 3.92. The van der Waals surface area contributed by atoms with Gasteiger partial charge in [-0.05, 0) is 49.7 Å². The number of carbonyl (C=O) groups excluding carboxylic acids is 1. The van der Waals surface area contributed by atoms with Crippen LogP contribution in [-0.4, -0.2) is 31.2 Å². The zero-order valence-electron chi connectivity index (χ0n) is 19.8. The minimum absolute atomic E-state index is 0.0935. The lowest BCUT2D eigenvalue weighted by Gasteiger charge is -2.16. The number of aryl methyl sites for hydroxylation is 1. The molecular weight excluding hydrogens is 430 g/mol. The minimum Gasteiger partial charge on any atom is -0.494 e. The second-order valence-corrected chi connectivity index (χ2v) is 8.00. The first-order chi connectivity index (χ1) is 16.4. The van der Waals surface area contributed by atoms with Crippen molar-refractivity contribution in [1.29, 1.82) is 0 Å². The van der Waals surface area contributed by atoms with Gasteiger partial charge in [0.2, 0.25) is 5.43 Å². The molecule has 0 aliphatic carbocycles. The number of benzene rings is 3. The van der Waals surface area contributed by atoms with E-state index in [1.165, 1.54) is 7.11 Å². The maximum Gasteiger partial charge on any atom is 0.200 e. The van der Waals surface area contributed by atoms with Crippen molar-refractivity contribution in [1.82, 2.24) is 4.57 Å². The SMILES string of the molecule is CCOc1ccc(C(=O)c2cn(Cc3ccc(C)cc3)c3cc(OC)c(OC)cc3c2=O)cc1. The Balaban J connectivity index is 1.89. The maximum absolute atomic E-state index is 13.5. The molecule has 34 heavy (non-hydrogen) atoms. The van der Waals surface area contributed by atoms with Crippen LogP contribution in [0, 0.1) is 6.92 Å². The number of ketones is 1. The highest BCUT2D eigenvalue weighted by Crippen LogP contribution is 2.31. The zero-order chi connectivity index (χ0) is 24.2. The molecule has 0 saturated carbocycles. The molecule has 0 amide bonds. The summed E-state index contributed by atoms with van der Waals surface area (Å²) >= 11 is 0. The number of hydrogen-bond acceptors (Lipinski definition) is 5. The third kappa shape index (κ3) is 4.53. The predicted octanol–water partition coefficient (Wildman–Crippen LogP) is 5.01. The van der Waals surface area contributed by atoms with E-state index in [4.69, 9.17) is 14.2 Å². The van der Waals surface area contributed by atoms with Gasteiger partial charge in [-0.15, -0.1) is 0 Å². The van der Waals surface area contributed by atoms with Crippen LogP contribution in [0.15, 0.2) is 71.7 Å². The van der Waals surface area contributed by atoms with Crippen LogP contribution in [0.1, 0.15) is 34.0 Å². The van der Waals surface area contributed by atoms with Gasteiger partial charge in [0.25, 0.3) is 0 Å². The van der Waals surface area contributed by atoms with E-state index >= 15 is 0 Å². The number of aromatic nitrogens is 1. The third-order valence-electron chi connectivity index (χ3n) is 5.73. The average Bonchev–Trinajstić information content (AvgIpc) is 2.86. The summed E-state index contributed by atoms with van der Waals surface area (Å²) in [7, 11) is 3.07. The zero-order valence-corrected chi connectivity index (χ0v) is 19.8. The first-order valence-corrected chi connectivity index (χ1v) is 11.1. The molecule has 174 valence electrons. The summed E-state index contributed by atoms with van der Waals surface area (Å²) < 4.78 is 18.3. The Bertz CT molecular complexity index is 1390. The first kappa shape index (κ1) is 23.1. The lowest BCUT2D eigenvalue weighted by atomic mass is 10.0. The molecule has 0 atom stereocenters. The molecular formula is C28H27NO5. The van der Waals surface area contributed by atoms with Crippen molar-refractivity contribution in [3.63, 3.8) is 0 Å². The van der Waals surface area contributed by atoms with Gasteiger partial charge in [0.15, 0.2) is 17.3 Å². The van der Waals surface area contributed by atoms with E-state index in [0.29, 0.717) is 46.9 Å². The largest absolute Gasteiger partial charge is 0.494 e. The van der Waals surface area contributed by atoms with E-state index in [9.17, 15) is 9.59 Å². The Morgan fingerprint density at radius 3 is 2.18 bits per heavy atom. The molecule has 0 bridgehead atoms. The van der Waals surface area contributed by atoms with Crippen LogP contribution in [0.4, 0.5) is 0 Å². The summed E-state index contributed by atoms with van der Waals surface area (Å²) in [6, 6.07) is 18.4. The summed E-state index contributed by atoms with van der Waals surface area (Å²) in [5.41, 5.74) is 3.02. The summed E-state index contributed by atoms with van der Waals surface area (Å²) in [5.74, 6) is 1.27. The summed E-state index contributed by atoms with van der Waals surface area (Å²) in [6.07, 6.45) is 1.63. The number of pyridine rings is 1. The van der Waals surface area contributed by atoms with Crippen LogP contribution in [0.5, 0.6) is 17.2 Å². The van der Waals surface area contributed by atoms with Gasteiger partial charge in [0.05, 0.1) is 37.3 Å². The number of ether oxygens (including phenoxy) is 3. The van der Waals surface area contributed by atoms with Crippen molar-refractivity contribution in [2.45, 2.75) is 20.4 Å². The molecule has 0 N–H and O–H groups in total. The van der Waals surface area contributed by atoms with Gasteiger partial charge >= 0.3 is 0 Å². The van der Waals surface area contributed by atoms with E-state index in [2.05, 4.69) is 0 Å². The molecule has 0 saturated heterocycles. The average molecular weight is 458 g/mol. The van der Waals surface area contributed by atoms with Gasteiger partial charge in [-0.1, -0.05) is 29.8 Å². The molecule has 6 heteroatoms. The number of fused-ring (bicyclic) bond motifs is 1. The van der Waals surface area contributed by atoms with Gasteiger partial charge in [0, 0.05) is 24.4 Å².